The molecule has 1 amide bonds. The van der Waals surface area contributed by atoms with Gasteiger partial charge in [0.15, 0.2) is 0 Å². The number of rotatable bonds is 2. The molecule has 0 saturated carbocycles. The summed E-state index contributed by atoms with van der Waals surface area (Å²) in [7, 11) is 0. The number of nitrogens with zero attached hydrogens (tertiary/aromatic N) is 3. The lowest BCUT2D eigenvalue weighted by Crippen LogP contribution is -2.30. The number of alkyl halides is 3. The minimum absolute atomic E-state index is 0.300. The minimum atomic E-state index is -5.02. The van der Waals surface area contributed by atoms with Crippen LogP contribution in [-0.2, 0) is 4.79 Å². The number of halogens is 5. The number of thiazole rings is 1. The molecule has 3 rings (SSSR count). The van der Waals surface area contributed by atoms with E-state index in [0.29, 0.717) is 26.3 Å². The molecule has 1 N–H and O–H groups in total. The minimum Gasteiger partial charge on any atom is -0.285 e. The van der Waals surface area contributed by atoms with Crippen molar-refractivity contribution in [3.05, 3.63) is 33.6 Å². The molecule has 3 aromatic rings. The average Bonchev–Trinajstić information content (AvgIpc) is 3.00. The van der Waals surface area contributed by atoms with Gasteiger partial charge in [-0.2, -0.15) is 18.2 Å². The molecule has 2 aromatic heterocycles. The number of anilines is 1. The first-order valence-corrected chi connectivity index (χ1v) is 7.57. The molecule has 0 fully saturated rings. The molecule has 0 unspecified atom stereocenters. The van der Waals surface area contributed by atoms with Gasteiger partial charge in [0.25, 0.3) is 5.95 Å². The van der Waals surface area contributed by atoms with Crippen LogP contribution >= 0.6 is 34.5 Å². The van der Waals surface area contributed by atoms with E-state index in [2.05, 4.69) is 10.1 Å². The first-order chi connectivity index (χ1) is 10.8. The van der Waals surface area contributed by atoms with Gasteiger partial charge in [0.2, 0.25) is 4.96 Å². The van der Waals surface area contributed by atoms with Gasteiger partial charge in [-0.25, -0.2) is 4.52 Å². The molecule has 0 aliphatic carbocycles. The molecule has 0 atom stereocenters. The molecule has 0 saturated heterocycles. The normalized spacial score (nSPS) is 11.9. The smallest absolute Gasteiger partial charge is 0.285 e. The summed E-state index contributed by atoms with van der Waals surface area (Å²) in [6, 6.07) is 4.79. The Bertz CT molecular complexity index is 905. The number of hydrogen-bond acceptors (Lipinski definition) is 4. The summed E-state index contributed by atoms with van der Waals surface area (Å²) in [5.41, 5.74) is 1.04. The Kier molecular flexibility index (Phi) is 3.95. The molecular formula is C12H5Cl2F3N4OS. The van der Waals surface area contributed by atoms with E-state index >= 15 is 0 Å². The van der Waals surface area contributed by atoms with E-state index in [1.54, 1.807) is 28.9 Å². The van der Waals surface area contributed by atoms with Crippen LogP contribution in [0.5, 0.6) is 0 Å². The molecule has 5 nitrogen and oxygen atoms in total. The van der Waals surface area contributed by atoms with Crippen LogP contribution in [-0.4, -0.2) is 26.7 Å². The highest BCUT2D eigenvalue weighted by atomic mass is 35.5. The van der Waals surface area contributed by atoms with Crippen LogP contribution in [0.15, 0.2) is 23.6 Å². The van der Waals surface area contributed by atoms with Crippen molar-refractivity contribution >= 4 is 51.4 Å². The van der Waals surface area contributed by atoms with Crippen molar-refractivity contribution in [2.45, 2.75) is 6.18 Å². The Morgan fingerprint density at radius 3 is 2.74 bits per heavy atom. The van der Waals surface area contributed by atoms with Gasteiger partial charge in [-0.05, 0) is 18.2 Å². The zero-order chi connectivity index (χ0) is 16.8. The second-order valence-corrected chi connectivity index (χ2v) is 6.01. The number of carbonyl (C=O) groups is 1. The Hall–Kier alpha value is -1.84. The van der Waals surface area contributed by atoms with E-state index in [1.807, 2.05) is 0 Å². The van der Waals surface area contributed by atoms with Gasteiger partial charge in [-0.3, -0.25) is 10.1 Å². The van der Waals surface area contributed by atoms with Crippen LogP contribution < -0.4 is 5.32 Å². The van der Waals surface area contributed by atoms with Gasteiger partial charge in [0.05, 0.1) is 10.7 Å². The van der Waals surface area contributed by atoms with Crippen LogP contribution in [0.2, 0.25) is 10.0 Å². The fourth-order valence-corrected chi connectivity index (χ4v) is 2.99. The third-order valence-electron chi connectivity index (χ3n) is 2.77. The maximum Gasteiger partial charge on any atom is 0.471 e. The van der Waals surface area contributed by atoms with Crippen LogP contribution in [0.3, 0.4) is 0 Å². The molecular weight excluding hydrogens is 376 g/mol. The summed E-state index contributed by atoms with van der Waals surface area (Å²) < 4.78 is 38.0. The maximum absolute atomic E-state index is 12.3. The van der Waals surface area contributed by atoms with Crippen molar-refractivity contribution in [1.29, 1.82) is 0 Å². The summed E-state index contributed by atoms with van der Waals surface area (Å²) in [5, 5.41) is 7.97. The SMILES string of the molecule is O=C(Nc1nc2scc(-c3cc(Cl)ccc3Cl)n2n1)C(F)(F)F. The zero-order valence-electron chi connectivity index (χ0n) is 10.9. The Balaban J connectivity index is 2.01. The van der Waals surface area contributed by atoms with E-state index in [4.69, 9.17) is 23.2 Å². The number of carbonyl (C=O) groups excluding carboxylic acids is 1. The predicted octanol–water partition coefficient (Wildman–Crippen LogP) is 4.27. The van der Waals surface area contributed by atoms with Gasteiger partial charge >= 0.3 is 12.1 Å². The number of hydrogen-bond donors (Lipinski definition) is 1. The lowest BCUT2D eigenvalue weighted by atomic mass is 10.2. The van der Waals surface area contributed by atoms with E-state index < -0.39 is 18.0 Å². The third kappa shape index (κ3) is 3.12. The first kappa shape index (κ1) is 16.0. The topological polar surface area (TPSA) is 59.3 Å². The summed E-state index contributed by atoms with van der Waals surface area (Å²) in [6.45, 7) is 0. The Labute approximate surface area is 140 Å². The molecule has 120 valence electrons. The third-order valence-corrected chi connectivity index (χ3v) is 4.15. The molecule has 0 aliphatic heterocycles. The van der Waals surface area contributed by atoms with Gasteiger partial charge in [-0.15, -0.1) is 16.4 Å². The number of amides is 1. The number of benzene rings is 1. The summed E-state index contributed by atoms with van der Waals surface area (Å²) >= 11 is 13.2. The monoisotopic (exact) mass is 380 g/mol. The average molecular weight is 381 g/mol. The highest BCUT2D eigenvalue weighted by Gasteiger charge is 2.39. The van der Waals surface area contributed by atoms with Crippen LogP contribution in [0.1, 0.15) is 0 Å². The summed E-state index contributed by atoms with van der Waals surface area (Å²) in [6.07, 6.45) is -5.02. The number of aromatic nitrogens is 3. The van der Waals surface area contributed by atoms with Crippen molar-refractivity contribution in [2.75, 3.05) is 5.32 Å². The highest BCUT2D eigenvalue weighted by Crippen LogP contribution is 2.33. The standard InChI is InChI=1S/C12H5Cl2F3N4OS/c13-5-1-2-7(14)6(3-5)8-4-23-11-19-10(20-21(8)11)18-9(22)12(15,16)17/h1-4H,(H,18,20,22). The van der Waals surface area contributed by atoms with Crippen molar-refractivity contribution in [3.8, 4) is 11.3 Å². The van der Waals surface area contributed by atoms with Gasteiger partial charge in [0, 0.05) is 16.0 Å². The molecule has 11 heteroatoms. The largest absolute Gasteiger partial charge is 0.471 e. The second kappa shape index (κ2) is 5.66. The number of nitrogens with one attached hydrogen (secondary N) is 1. The molecule has 0 radical (unpaired) electrons. The van der Waals surface area contributed by atoms with E-state index in [9.17, 15) is 18.0 Å². The number of fused-ring (bicyclic) bond motifs is 1. The van der Waals surface area contributed by atoms with Gasteiger partial charge in [0.1, 0.15) is 0 Å². The lowest BCUT2D eigenvalue weighted by Gasteiger charge is -2.04. The van der Waals surface area contributed by atoms with Crippen LogP contribution in [0.4, 0.5) is 19.1 Å². The molecule has 23 heavy (non-hydrogen) atoms. The lowest BCUT2D eigenvalue weighted by molar-refractivity contribution is -0.167. The molecule has 2 heterocycles. The van der Waals surface area contributed by atoms with E-state index in [1.165, 1.54) is 4.52 Å². The Morgan fingerprint density at radius 2 is 2.04 bits per heavy atom. The molecule has 1 aromatic carbocycles. The van der Waals surface area contributed by atoms with Crippen molar-refractivity contribution < 1.29 is 18.0 Å². The zero-order valence-corrected chi connectivity index (χ0v) is 13.2. The fourth-order valence-electron chi connectivity index (χ4n) is 1.79. The van der Waals surface area contributed by atoms with Crippen molar-refractivity contribution in [1.82, 2.24) is 14.6 Å². The Morgan fingerprint density at radius 1 is 1.30 bits per heavy atom. The maximum atomic E-state index is 12.3. The van der Waals surface area contributed by atoms with E-state index in [-0.39, 0.29) is 0 Å². The highest BCUT2D eigenvalue weighted by molar-refractivity contribution is 7.15. The fraction of sp³-hybridized carbons (Fsp3) is 0.0833. The first-order valence-electron chi connectivity index (χ1n) is 5.93. The van der Waals surface area contributed by atoms with E-state index in [0.717, 1.165) is 11.3 Å². The molecule has 0 aliphatic rings. The second-order valence-electron chi connectivity index (χ2n) is 4.33. The summed E-state index contributed by atoms with van der Waals surface area (Å²) in [5.74, 6) is -2.59. The quantitative estimate of drug-likeness (QED) is 0.722. The van der Waals surface area contributed by atoms with Crippen molar-refractivity contribution in [3.63, 3.8) is 0 Å². The van der Waals surface area contributed by atoms with Crippen molar-refractivity contribution in [2.24, 2.45) is 0 Å². The summed E-state index contributed by atoms with van der Waals surface area (Å²) in [4.78, 5) is 15.1. The molecule has 0 spiro atoms. The van der Waals surface area contributed by atoms with Crippen LogP contribution in [0.25, 0.3) is 16.2 Å². The van der Waals surface area contributed by atoms with Crippen LogP contribution in [0, 0.1) is 0 Å². The predicted molar refractivity (Wildman–Crippen MR) is 81.0 cm³/mol. The van der Waals surface area contributed by atoms with Gasteiger partial charge < -0.3 is 0 Å². The molecule has 0 bridgehead atoms. The van der Waals surface area contributed by atoms with Gasteiger partial charge in [-0.1, -0.05) is 23.2 Å².